The van der Waals surface area contributed by atoms with E-state index in [1.165, 1.54) is 21.1 Å². The van der Waals surface area contributed by atoms with Crippen LogP contribution in [0.3, 0.4) is 0 Å². The summed E-state index contributed by atoms with van der Waals surface area (Å²) in [6.07, 6.45) is 0. The van der Waals surface area contributed by atoms with Gasteiger partial charge in [0.15, 0.2) is 0 Å². The van der Waals surface area contributed by atoms with Crippen molar-refractivity contribution >= 4 is 22.5 Å². The Hall–Kier alpha value is -1.17. The van der Waals surface area contributed by atoms with Crippen molar-refractivity contribution in [1.82, 2.24) is 15.1 Å². The Morgan fingerprint density at radius 2 is 2.17 bits per heavy atom. The van der Waals surface area contributed by atoms with E-state index in [0.29, 0.717) is 5.13 Å². The maximum atomic E-state index is 11.3. The molecule has 0 saturated heterocycles. The van der Waals surface area contributed by atoms with E-state index in [1.54, 1.807) is 26.7 Å². The van der Waals surface area contributed by atoms with E-state index in [0.717, 1.165) is 0 Å². The molecule has 1 heterocycles. The highest BCUT2D eigenvalue weighted by molar-refractivity contribution is 7.13. The highest BCUT2D eigenvalue weighted by Gasteiger charge is 2.14. The number of hydrogen-bond donors (Lipinski definition) is 0. The molecular weight excluding hydrogens is 176 g/mol. The molecule has 1 aromatic rings. The largest absolute Gasteiger partial charge is 0.330 e. The lowest BCUT2D eigenvalue weighted by Crippen LogP contribution is -2.36. The van der Waals surface area contributed by atoms with E-state index in [-0.39, 0.29) is 6.03 Å². The summed E-state index contributed by atoms with van der Waals surface area (Å²) in [4.78, 5) is 14.3. The van der Waals surface area contributed by atoms with Crippen LogP contribution in [0.5, 0.6) is 0 Å². The monoisotopic (exact) mass is 186 g/mol. The molecule has 5 nitrogen and oxygen atoms in total. The molecule has 6 heteroatoms. The maximum Gasteiger partial charge on any atom is 0.325 e. The predicted molar refractivity (Wildman–Crippen MR) is 47.4 cm³/mol. The van der Waals surface area contributed by atoms with Gasteiger partial charge < -0.3 is 4.90 Å². The van der Waals surface area contributed by atoms with Crippen LogP contribution in [-0.4, -0.2) is 42.3 Å². The Balaban J connectivity index is 2.72. The molecule has 0 aliphatic rings. The maximum absolute atomic E-state index is 11.3. The summed E-state index contributed by atoms with van der Waals surface area (Å²) in [5, 5.41) is 8.01. The minimum Gasteiger partial charge on any atom is -0.330 e. The van der Waals surface area contributed by atoms with Gasteiger partial charge >= 0.3 is 6.03 Å². The molecule has 0 bridgehead atoms. The number of aromatic nitrogens is 2. The number of urea groups is 1. The average Bonchev–Trinajstić information content (AvgIpc) is 2.53. The summed E-state index contributed by atoms with van der Waals surface area (Å²) in [7, 11) is 5.06. The summed E-state index contributed by atoms with van der Waals surface area (Å²) >= 11 is 1.33. The Kier molecular flexibility index (Phi) is 2.59. The lowest BCUT2D eigenvalue weighted by molar-refractivity contribution is 0.225. The van der Waals surface area contributed by atoms with Gasteiger partial charge in [0.2, 0.25) is 5.13 Å². The lowest BCUT2D eigenvalue weighted by Gasteiger charge is -2.18. The van der Waals surface area contributed by atoms with Crippen molar-refractivity contribution in [3.8, 4) is 0 Å². The molecule has 0 aliphatic carbocycles. The van der Waals surface area contributed by atoms with E-state index in [2.05, 4.69) is 10.2 Å². The fourth-order valence-corrected chi connectivity index (χ4v) is 1.21. The molecule has 0 fully saturated rings. The highest BCUT2D eigenvalue weighted by Crippen LogP contribution is 2.14. The van der Waals surface area contributed by atoms with Gasteiger partial charge in [-0.15, -0.1) is 10.2 Å². The summed E-state index contributed by atoms with van der Waals surface area (Å²) in [5.41, 5.74) is 1.59. The van der Waals surface area contributed by atoms with E-state index in [1.807, 2.05) is 0 Å². The molecule has 1 rings (SSSR count). The van der Waals surface area contributed by atoms with Crippen molar-refractivity contribution in [3.05, 3.63) is 5.51 Å². The van der Waals surface area contributed by atoms with Crippen LogP contribution in [-0.2, 0) is 0 Å². The second kappa shape index (κ2) is 3.48. The first-order valence-electron chi connectivity index (χ1n) is 3.34. The fraction of sp³-hybridized carbons (Fsp3) is 0.500. The smallest absolute Gasteiger partial charge is 0.325 e. The topological polar surface area (TPSA) is 49.3 Å². The molecule has 12 heavy (non-hydrogen) atoms. The van der Waals surface area contributed by atoms with E-state index >= 15 is 0 Å². The second-order valence-corrected chi connectivity index (χ2v) is 3.27. The molecule has 0 radical (unpaired) electrons. The minimum absolute atomic E-state index is 0.105. The molecule has 66 valence electrons. The predicted octanol–water partition coefficient (Wildman–Crippen LogP) is 0.656. The van der Waals surface area contributed by atoms with Crippen LogP contribution in [0.1, 0.15) is 0 Å². The van der Waals surface area contributed by atoms with Crippen LogP contribution in [0.25, 0.3) is 0 Å². The Morgan fingerprint density at radius 1 is 1.50 bits per heavy atom. The van der Waals surface area contributed by atoms with Crippen LogP contribution in [0.2, 0.25) is 0 Å². The molecule has 0 saturated carbocycles. The first kappa shape index (κ1) is 8.92. The third-order valence-electron chi connectivity index (χ3n) is 1.30. The Labute approximate surface area is 74.6 Å². The van der Waals surface area contributed by atoms with Crippen LogP contribution < -0.4 is 4.90 Å². The van der Waals surface area contributed by atoms with Crippen molar-refractivity contribution in [3.63, 3.8) is 0 Å². The first-order chi connectivity index (χ1) is 5.63. The zero-order valence-corrected chi connectivity index (χ0v) is 8.00. The van der Waals surface area contributed by atoms with Gasteiger partial charge in [0.05, 0.1) is 0 Å². The zero-order valence-electron chi connectivity index (χ0n) is 7.18. The molecule has 2 amide bonds. The fourth-order valence-electron chi connectivity index (χ4n) is 0.695. The standard InChI is InChI=1S/C6H10N4OS/c1-9(2)6(11)10(3)5-8-7-4-12-5/h4H,1-3H3. The van der Waals surface area contributed by atoms with Crippen LogP contribution in [0, 0.1) is 0 Å². The van der Waals surface area contributed by atoms with Crippen molar-refractivity contribution in [2.45, 2.75) is 0 Å². The van der Waals surface area contributed by atoms with E-state index < -0.39 is 0 Å². The van der Waals surface area contributed by atoms with Gasteiger partial charge in [0, 0.05) is 21.1 Å². The van der Waals surface area contributed by atoms with E-state index in [9.17, 15) is 4.79 Å². The van der Waals surface area contributed by atoms with Gasteiger partial charge in [0.1, 0.15) is 5.51 Å². The third-order valence-corrected chi connectivity index (χ3v) is 2.07. The highest BCUT2D eigenvalue weighted by atomic mass is 32.1. The summed E-state index contributed by atoms with van der Waals surface area (Å²) in [5.74, 6) is 0. The summed E-state index contributed by atoms with van der Waals surface area (Å²) < 4.78 is 0. The van der Waals surface area contributed by atoms with Gasteiger partial charge in [-0.1, -0.05) is 11.3 Å². The van der Waals surface area contributed by atoms with Crippen molar-refractivity contribution in [2.75, 3.05) is 26.0 Å². The number of anilines is 1. The number of nitrogens with zero attached hydrogens (tertiary/aromatic N) is 4. The van der Waals surface area contributed by atoms with Gasteiger partial charge in [-0.25, -0.2) is 4.79 Å². The normalized spacial score (nSPS) is 9.58. The third kappa shape index (κ3) is 1.70. The molecule has 0 aliphatic heterocycles. The van der Waals surface area contributed by atoms with Crippen LogP contribution in [0.4, 0.5) is 9.93 Å². The van der Waals surface area contributed by atoms with Crippen molar-refractivity contribution in [2.24, 2.45) is 0 Å². The molecule has 0 unspecified atom stereocenters. The zero-order chi connectivity index (χ0) is 9.14. The van der Waals surface area contributed by atoms with Gasteiger partial charge in [-0.05, 0) is 0 Å². The molecule has 0 N–H and O–H groups in total. The first-order valence-corrected chi connectivity index (χ1v) is 4.22. The number of amides is 2. The molecule has 0 aromatic carbocycles. The van der Waals surface area contributed by atoms with Gasteiger partial charge in [-0.3, -0.25) is 4.90 Å². The SMILES string of the molecule is CN(C)C(=O)N(C)c1nncs1. The van der Waals surface area contributed by atoms with Crippen molar-refractivity contribution < 1.29 is 4.79 Å². The lowest BCUT2D eigenvalue weighted by atomic mass is 10.7. The minimum atomic E-state index is -0.105. The number of rotatable bonds is 1. The van der Waals surface area contributed by atoms with Crippen LogP contribution >= 0.6 is 11.3 Å². The van der Waals surface area contributed by atoms with Gasteiger partial charge in [0.25, 0.3) is 0 Å². The number of hydrogen-bond acceptors (Lipinski definition) is 4. The Bertz CT molecular complexity index is 259. The van der Waals surface area contributed by atoms with E-state index in [4.69, 9.17) is 0 Å². The van der Waals surface area contributed by atoms with Crippen LogP contribution in [0.15, 0.2) is 5.51 Å². The number of carbonyl (C=O) groups is 1. The second-order valence-electron chi connectivity index (χ2n) is 2.46. The average molecular weight is 186 g/mol. The van der Waals surface area contributed by atoms with Crippen molar-refractivity contribution in [1.29, 1.82) is 0 Å². The molecule has 1 aromatic heterocycles. The molecule has 0 spiro atoms. The molecular formula is C6H10N4OS. The Morgan fingerprint density at radius 3 is 2.58 bits per heavy atom. The quantitative estimate of drug-likeness (QED) is 0.647. The number of carbonyl (C=O) groups excluding carboxylic acids is 1. The molecule has 0 atom stereocenters. The summed E-state index contributed by atoms with van der Waals surface area (Å²) in [6, 6.07) is -0.105. The van der Waals surface area contributed by atoms with Gasteiger partial charge in [-0.2, -0.15) is 0 Å². The summed E-state index contributed by atoms with van der Waals surface area (Å²) in [6.45, 7) is 0.